The summed E-state index contributed by atoms with van der Waals surface area (Å²) in [7, 11) is 0. The van der Waals surface area contributed by atoms with Gasteiger partial charge in [0.1, 0.15) is 0 Å². The standard InChI is InChI=1S/C21H16F3N3OS/c1-14-7-9-17(10-8-14)27-19(18-6-3-11-28-18)25-26-20(27)29-13-15-4-2-5-16(12-15)21(22,23)24/h2-12H,13H2,1H3. The molecule has 4 aromatic rings. The van der Waals surface area contributed by atoms with Gasteiger partial charge in [-0.25, -0.2) is 0 Å². The highest BCUT2D eigenvalue weighted by Crippen LogP contribution is 2.33. The lowest BCUT2D eigenvalue weighted by atomic mass is 10.1. The van der Waals surface area contributed by atoms with E-state index in [1.54, 1.807) is 24.5 Å². The van der Waals surface area contributed by atoms with Crippen LogP contribution in [0.3, 0.4) is 0 Å². The smallest absolute Gasteiger partial charge is 0.416 e. The molecule has 0 radical (unpaired) electrons. The maximum atomic E-state index is 13.0. The Labute approximate surface area is 169 Å². The monoisotopic (exact) mass is 415 g/mol. The van der Waals surface area contributed by atoms with E-state index in [2.05, 4.69) is 10.2 Å². The van der Waals surface area contributed by atoms with E-state index in [0.29, 0.717) is 28.1 Å². The Bertz CT molecular complexity index is 1100. The molecule has 2 heterocycles. The summed E-state index contributed by atoms with van der Waals surface area (Å²) in [5.41, 5.74) is 1.85. The normalized spacial score (nSPS) is 11.7. The zero-order valence-electron chi connectivity index (χ0n) is 15.3. The van der Waals surface area contributed by atoms with Gasteiger partial charge in [0, 0.05) is 11.4 Å². The van der Waals surface area contributed by atoms with Gasteiger partial charge in [-0.05, 0) is 42.8 Å². The van der Waals surface area contributed by atoms with Gasteiger partial charge in [0.25, 0.3) is 0 Å². The topological polar surface area (TPSA) is 43.9 Å². The van der Waals surface area contributed by atoms with Crippen LogP contribution >= 0.6 is 11.8 Å². The summed E-state index contributed by atoms with van der Waals surface area (Å²) < 4.78 is 46.2. The van der Waals surface area contributed by atoms with Crippen LogP contribution in [0.4, 0.5) is 13.2 Å². The Kier molecular flexibility index (Phi) is 5.19. The largest absolute Gasteiger partial charge is 0.461 e. The van der Waals surface area contributed by atoms with Crippen LogP contribution < -0.4 is 0 Å². The van der Waals surface area contributed by atoms with Crippen molar-refractivity contribution in [3.63, 3.8) is 0 Å². The van der Waals surface area contributed by atoms with E-state index in [0.717, 1.165) is 23.4 Å². The lowest BCUT2D eigenvalue weighted by Crippen LogP contribution is -2.05. The second-order valence-electron chi connectivity index (χ2n) is 6.44. The zero-order valence-corrected chi connectivity index (χ0v) is 16.2. The predicted octanol–water partition coefficient (Wildman–Crippen LogP) is 6.15. The summed E-state index contributed by atoms with van der Waals surface area (Å²) in [6.07, 6.45) is -2.81. The minimum Gasteiger partial charge on any atom is -0.461 e. The van der Waals surface area contributed by atoms with Crippen LogP contribution in [0.2, 0.25) is 0 Å². The maximum absolute atomic E-state index is 13.0. The van der Waals surface area contributed by atoms with Crippen LogP contribution in [0.1, 0.15) is 16.7 Å². The highest BCUT2D eigenvalue weighted by molar-refractivity contribution is 7.98. The number of furan rings is 1. The van der Waals surface area contributed by atoms with E-state index in [1.807, 2.05) is 35.8 Å². The highest BCUT2D eigenvalue weighted by atomic mass is 32.2. The van der Waals surface area contributed by atoms with Gasteiger partial charge < -0.3 is 4.42 Å². The van der Waals surface area contributed by atoms with E-state index in [4.69, 9.17) is 4.42 Å². The number of benzene rings is 2. The molecule has 148 valence electrons. The number of nitrogens with zero attached hydrogens (tertiary/aromatic N) is 3. The summed E-state index contributed by atoms with van der Waals surface area (Å²) in [5.74, 6) is 1.42. The average molecular weight is 415 g/mol. The van der Waals surface area contributed by atoms with E-state index in [-0.39, 0.29) is 0 Å². The molecule has 0 aliphatic heterocycles. The Morgan fingerprint density at radius 2 is 1.79 bits per heavy atom. The molecule has 0 spiro atoms. The lowest BCUT2D eigenvalue weighted by molar-refractivity contribution is -0.137. The van der Waals surface area contributed by atoms with Crippen molar-refractivity contribution in [2.75, 3.05) is 0 Å². The number of rotatable bonds is 5. The third-order valence-corrected chi connectivity index (χ3v) is 5.29. The van der Waals surface area contributed by atoms with Gasteiger partial charge >= 0.3 is 6.18 Å². The second-order valence-corrected chi connectivity index (χ2v) is 7.38. The summed E-state index contributed by atoms with van der Waals surface area (Å²) >= 11 is 1.32. The Hall–Kier alpha value is -3.00. The van der Waals surface area contributed by atoms with Crippen molar-refractivity contribution in [1.82, 2.24) is 14.8 Å². The Morgan fingerprint density at radius 1 is 1.00 bits per heavy atom. The van der Waals surface area contributed by atoms with Crippen LogP contribution in [0.15, 0.2) is 76.5 Å². The van der Waals surface area contributed by atoms with Gasteiger partial charge in [0.2, 0.25) is 5.82 Å². The predicted molar refractivity (Wildman–Crippen MR) is 105 cm³/mol. The van der Waals surface area contributed by atoms with E-state index in [1.165, 1.54) is 17.8 Å². The first-order valence-corrected chi connectivity index (χ1v) is 9.75. The fraction of sp³-hybridized carbons (Fsp3) is 0.143. The molecule has 0 bridgehead atoms. The van der Waals surface area contributed by atoms with Crippen LogP contribution in [0, 0.1) is 6.92 Å². The van der Waals surface area contributed by atoms with Crippen molar-refractivity contribution in [2.24, 2.45) is 0 Å². The molecule has 0 aliphatic rings. The Balaban J connectivity index is 1.67. The summed E-state index contributed by atoms with van der Waals surface area (Å²) in [6, 6.07) is 16.7. The molecular formula is C21H16F3N3OS. The molecule has 0 unspecified atom stereocenters. The van der Waals surface area contributed by atoms with Gasteiger partial charge in [-0.15, -0.1) is 10.2 Å². The van der Waals surface area contributed by atoms with Gasteiger partial charge in [-0.3, -0.25) is 4.57 Å². The Morgan fingerprint density at radius 3 is 2.48 bits per heavy atom. The van der Waals surface area contributed by atoms with E-state index in [9.17, 15) is 13.2 Å². The first-order valence-electron chi connectivity index (χ1n) is 8.77. The molecule has 0 fully saturated rings. The lowest BCUT2D eigenvalue weighted by Gasteiger charge is -2.11. The van der Waals surface area contributed by atoms with Gasteiger partial charge in [0.15, 0.2) is 10.9 Å². The molecule has 29 heavy (non-hydrogen) atoms. The number of aromatic nitrogens is 3. The molecule has 2 aromatic heterocycles. The van der Waals surface area contributed by atoms with Crippen molar-refractivity contribution in [1.29, 1.82) is 0 Å². The minimum absolute atomic E-state index is 0.325. The van der Waals surface area contributed by atoms with Crippen LogP contribution in [-0.4, -0.2) is 14.8 Å². The van der Waals surface area contributed by atoms with Crippen molar-refractivity contribution in [2.45, 2.75) is 24.0 Å². The van der Waals surface area contributed by atoms with E-state index < -0.39 is 11.7 Å². The summed E-state index contributed by atoms with van der Waals surface area (Å²) in [6.45, 7) is 1.99. The average Bonchev–Trinajstić information content (AvgIpc) is 3.36. The molecule has 0 saturated heterocycles. The van der Waals surface area contributed by atoms with Gasteiger partial charge in [0.05, 0.1) is 11.8 Å². The number of hydrogen-bond acceptors (Lipinski definition) is 4. The van der Waals surface area contributed by atoms with Gasteiger partial charge in [-0.2, -0.15) is 13.2 Å². The number of halogens is 3. The quantitative estimate of drug-likeness (QED) is 0.367. The molecule has 0 amide bonds. The number of aryl methyl sites for hydroxylation is 1. The molecule has 2 aromatic carbocycles. The third kappa shape index (κ3) is 4.22. The number of hydrogen-bond donors (Lipinski definition) is 0. The van der Waals surface area contributed by atoms with Crippen molar-refractivity contribution in [3.05, 3.63) is 83.6 Å². The molecule has 0 saturated carbocycles. The molecule has 4 nitrogen and oxygen atoms in total. The fourth-order valence-electron chi connectivity index (χ4n) is 2.84. The first-order chi connectivity index (χ1) is 13.9. The van der Waals surface area contributed by atoms with E-state index >= 15 is 0 Å². The third-order valence-electron chi connectivity index (χ3n) is 4.29. The SMILES string of the molecule is Cc1ccc(-n2c(SCc3cccc(C(F)(F)F)c3)nnc2-c2ccco2)cc1. The molecule has 0 atom stereocenters. The van der Waals surface area contributed by atoms with Crippen molar-refractivity contribution < 1.29 is 17.6 Å². The summed E-state index contributed by atoms with van der Waals surface area (Å²) in [4.78, 5) is 0. The molecule has 0 aliphatic carbocycles. The van der Waals surface area contributed by atoms with Gasteiger partial charge in [-0.1, -0.05) is 47.7 Å². The molecule has 4 rings (SSSR count). The van der Waals surface area contributed by atoms with Crippen molar-refractivity contribution in [3.8, 4) is 17.3 Å². The number of alkyl halides is 3. The number of thioether (sulfide) groups is 1. The highest BCUT2D eigenvalue weighted by Gasteiger charge is 2.30. The zero-order chi connectivity index (χ0) is 20.4. The van der Waals surface area contributed by atoms with Crippen LogP contribution in [0.25, 0.3) is 17.3 Å². The molecular weight excluding hydrogens is 399 g/mol. The second kappa shape index (κ2) is 7.79. The fourth-order valence-corrected chi connectivity index (χ4v) is 3.74. The first kappa shape index (κ1) is 19.3. The molecule has 0 N–H and O–H groups in total. The van der Waals surface area contributed by atoms with Crippen molar-refractivity contribution >= 4 is 11.8 Å². The maximum Gasteiger partial charge on any atom is 0.416 e. The van der Waals surface area contributed by atoms with Crippen LogP contribution in [-0.2, 0) is 11.9 Å². The van der Waals surface area contributed by atoms with Crippen LogP contribution in [0.5, 0.6) is 0 Å². The molecule has 8 heteroatoms. The minimum atomic E-state index is -4.37. The summed E-state index contributed by atoms with van der Waals surface area (Å²) in [5, 5.41) is 9.06.